The Morgan fingerprint density at radius 3 is 2.62 bits per heavy atom. The van der Waals surface area contributed by atoms with Gasteiger partial charge in [-0.25, -0.2) is 0 Å². The fourth-order valence-corrected chi connectivity index (χ4v) is 3.86. The molecule has 0 radical (unpaired) electrons. The van der Waals surface area contributed by atoms with Crippen molar-refractivity contribution in [1.82, 2.24) is 15.1 Å². The summed E-state index contributed by atoms with van der Waals surface area (Å²) in [6, 6.07) is 2.52. The van der Waals surface area contributed by atoms with Gasteiger partial charge in [0.1, 0.15) is 0 Å². The predicted molar refractivity (Wildman–Crippen MR) is 66.7 cm³/mol. The van der Waals surface area contributed by atoms with Crippen LogP contribution in [0.4, 0.5) is 0 Å². The van der Waals surface area contributed by atoms with Gasteiger partial charge in [0.25, 0.3) is 0 Å². The summed E-state index contributed by atoms with van der Waals surface area (Å²) in [5.74, 6) is 0. The monoisotopic (exact) mass is 223 g/mol. The zero-order chi connectivity index (χ0) is 11.0. The Morgan fingerprint density at radius 2 is 1.81 bits per heavy atom. The summed E-state index contributed by atoms with van der Waals surface area (Å²) in [7, 11) is 0. The van der Waals surface area contributed by atoms with Gasteiger partial charge in [0.2, 0.25) is 0 Å². The summed E-state index contributed by atoms with van der Waals surface area (Å²) in [6.45, 7) is 8.89. The number of nitrogens with one attached hydrogen (secondary N) is 1. The SMILES string of the molecule is CC1CN2CCCC2CN1C1CCNCC1. The molecule has 3 rings (SSSR count). The number of nitrogens with zero attached hydrogens (tertiary/aromatic N) is 2. The molecule has 3 heteroatoms. The van der Waals surface area contributed by atoms with E-state index in [2.05, 4.69) is 22.0 Å². The van der Waals surface area contributed by atoms with E-state index in [1.807, 2.05) is 0 Å². The van der Waals surface area contributed by atoms with Crippen LogP contribution in [0.15, 0.2) is 0 Å². The van der Waals surface area contributed by atoms with Crippen molar-refractivity contribution in [2.24, 2.45) is 0 Å². The topological polar surface area (TPSA) is 18.5 Å². The Balaban J connectivity index is 1.65. The molecule has 3 heterocycles. The fraction of sp³-hybridized carbons (Fsp3) is 1.00. The number of rotatable bonds is 1. The Morgan fingerprint density at radius 1 is 1.00 bits per heavy atom. The fourth-order valence-electron chi connectivity index (χ4n) is 3.86. The van der Waals surface area contributed by atoms with Crippen molar-refractivity contribution < 1.29 is 0 Å². The Bertz CT molecular complexity index is 237. The molecule has 1 N–H and O–H groups in total. The summed E-state index contributed by atoms with van der Waals surface area (Å²) >= 11 is 0. The van der Waals surface area contributed by atoms with Crippen LogP contribution in [-0.4, -0.2) is 60.6 Å². The summed E-state index contributed by atoms with van der Waals surface area (Å²) in [4.78, 5) is 5.54. The van der Waals surface area contributed by atoms with Crippen molar-refractivity contribution in [2.75, 3.05) is 32.7 Å². The smallest absolute Gasteiger partial charge is 0.0224 e. The molecule has 0 spiro atoms. The van der Waals surface area contributed by atoms with E-state index in [9.17, 15) is 0 Å². The first kappa shape index (κ1) is 11.0. The molecule has 92 valence electrons. The second-order valence-corrected chi connectivity index (χ2v) is 5.82. The van der Waals surface area contributed by atoms with Crippen molar-refractivity contribution in [2.45, 2.75) is 50.7 Å². The second kappa shape index (κ2) is 4.63. The molecule has 0 bridgehead atoms. The third-order valence-corrected chi connectivity index (χ3v) is 4.76. The highest BCUT2D eigenvalue weighted by Gasteiger charge is 2.37. The minimum atomic E-state index is 0.775. The lowest BCUT2D eigenvalue weighted by Crippen LogP contribution is -2.59. The first-order chi connectivity index (χ1) is 7.84. The molecule has 0 aromatic carbocycles. The Kier molecular flexibility index (Phi) is 3.18. The normalized spacial score (nSPS) is 38.8. The van der Waals surface area contributed by atoms with Crippen LogP contribution in [0.3, 0.4) is 0 Å². The molecule has 2 unspecified atom stereocenters. The largest absolute Gasteiger partial charge is 0.317 e. The Labute approximate surface area is 99.2 Å². The minimum Gasteiger partial charge on any atom is -0.317 e. The van der Waals surface area contributed by atoms with E-state index in [0.717, 1.165) is 18.1 Å². The van der Waals surface area contributed by atoms with Gasteiger partial charge in [-0.1, -0.05) is 0 Å². The number of piperidine rings is 1. The van der Waals surface area contributed by atoms with Crippen LogP contribution in [0.5, 0.6) is 0 Å². The number of hydrogen-bond donors (Lipinski definition) is 1. The quantitative estimate of drug-likeness (QED) is 0.713. The van der Waals surface area contributed by atoms with Crippen LogP contribution >= 0.6 is 0 Å². The van der Waals surface area contributed by atoms with Gasteiger partial charge in [-0.15, -0.1) is 0 Å². The van der Waals surface area contributed by atoms with Gasteiger partial charge in [-0.2, -0.15) is 0 Å². The van der Waals surface area contributed by atoms with Gasteiger partial charge in [0.15, 0.2) is 0 Å². The van der Waals surface area contributed by atoms with E-state index < -0.39 is 0 Å². The molecule has 0 amide bonds. The highest BCUT2D eigenvalue weighted by atomic mass is 15.3. The van der Waals surface area contributed by atoms with Crippen LogP contribution in [0.25, 0.3) is 0 Å². The molecule has 3 aliphatic rings. The summed E-state index contributed by atoms with van der Waals surface area (Å²) in [5.41, 5.74) is 0. The first-order valence-electron chi connectivity index (χ1n) is 7.05. The van der Waals surface area contributed by atoms with E-state index >= 15 is 0 Å². The van der Waals surface area contributed by atoms with Gasteiger partial charge >= 0.3 is 0 Å². The lowest BCUT2D eigenvalue weighted by Gasteiger charge is -2.47. The molecular weight excluding hydrogens is 198 g/mol. The molecule has 0 aliphatic carbocycles. The summed E-state index contributed by atoms with van der Waals surface area (Å²) < 4.78 is 0. The molecule has 3 saturated heterocycles. The van der Waals surface area contributed by atoms with Crippen molar-refractivity contribution in [1.29, 1.82) is 0 Å². The molecule has 0 saturated carbocycles. The standard InChI is InChI=1S/C13H25N3/c1-11-9-15-8-2-3-13(15)10-16(11)12-4-6-14-7-5-12/h11-14H,2-10H2,1H3. The van der Waals surface area contributed by atoms with E-state index in [1.54, 1.807) is 0 Å². The average Bonchev–Trinajstić information content (AvgIpc) is 2.76. The van der Waals surface area contributed by atoms with Crippen molar-refractivity contribution in [3.8, 4) is 0 Å². The summed E-state index contributed by atoms with van der Waals surface area (Å²) in [6.07, 6.45) is 5.58. The van der Waals surface area contributed by atoms with E-state index in [0.29, 0.717) is 0 Å². The molecule has 3 aliphatic heterocycles. The Hall–Kier alpha value is -0.120. The molecule has 3 nitrogen and oxygen atoms in total. The third kappa shape index (κ3) is 2.01. The van der Waals surface area contributed by atoms with Crippen molar-refractivity contribution >= 4 is 0 Å². The van der Waals surface area contributed by atoms with Gasteiger partial charge in [0, 0.05) is 31.2 Å². The number of piperazine rings is 1. The molecular formula is C13H25N3. The van der Waals surface area contributed by atoms with Crippen LogP contribution in [0.1, 0.15) is 32.6 Å². The summed E-state index contributed by atoms with van der Waals surface area (Å²) in [5, 5.41) is 3.48. The first-order valence-corrected chi connectivity index (χ1v) is 7.05. The van der Waals surface area contributed by atoms with Gasteiger partial charge in [-0.05, 0) is 52.2 Å². The second-order valence-electron chi connectivity index (χ2n) is 5.82. The number of hydrogen-bond acceptors (Lipinski definition) is 3. The lowest BCUT2D eigenvalue weighted by atomic mass is 9.99. The van der Waals surface area contributed by atoms with E-state index in [4.69, 9.17) is 0 Å². The maximum atomic E-state index is 3.48. The van der Waals surface area contributed by atoms with Gasteiger partial charge in [-0.3, -0.25) is 9.80 Å². The minimum absolute atomic E-state index is 0.775. The predicted octanol–water partition coefficient (Wildman–Crippen LogP) is 0.907. The number of fused-ring (bicyclic) bond motifs is 1. The highest BCUT2D eigenvalue weighted by Crippen LogP contribution is 2.27. The molecule has 0 aromatic rings. The molecule has 16 heavy (non-hydrogen) atoms. The zero-order valence-corrected chi connectivity index (χ0v) is 10.5. The van der Waals surface area contributed by atoms with Gasteiger partial charge in [0.05, 0.1) is 0 Å². The van der Waals surface area contributed by atoms with Crippen molar-refractivity contribution in [3.05, 3.63) is 0 Å². The van der Waals surface area contributed by atoms with Crippen LogP contribution < -0.4 is 5.32 Å². The highest BCUT2D eigenvalue weighted by molar-refractivity contribution is 4.94. The van der Waals surface area contributed by atoms with E-state index in [-0.39, 0.29) is 0 Å². The van der Waals surface area contributed by atoms with Crippen LogP contribution in [0, 0.1) is 0 Å². The molecule has 0 aromatic heterocycles. The van der Waals surface area contributed by atoms with E-state index in [1.165, 1.54) is 58.4 Å². The van der Waals surface area contributed by atoms with Crippen LogP contribution in [-0.2, 0) is 0 Å². The maximum Gasteiger partial charge on any atom is 0.0224 e. The third-order valence-electron chi connectivity index (χ3n) is 4.76. The molecule has 2 atom stereocenters. The maximum absolute atomic E-state index is 3.48. The van der Waals surface area contributed by atoms with Crippen molar-refractivity contribution in [3.63, 3.8) is 0 Å². The lowest BCUT2D eigenvalue weighted by molar-refractivity contribution is 0.0184. The zero-order valence-electron chi connectivity index (χ0n) is 10.5. The molecule has 3 fully saturated rings. The average molecular weight is 223 g/mol. The van der Waals surface area contributed by atoms with Gasteiger partial charge < -0.3 is 5.32 Å². The van der Waals surface area contributed by atoms with Crippen LogP contribution in [0.2, 0.25) is 0 Å².